The molecule has 0 spiro atoms. The van der Waals surface area contributed by atoms with E-state index in [0.29, 0.717) is 30.8 Å². The zero-order valence-corrected chi connectivity index (χ0v) is 16.8. The van der Waals surface area contributed by atoms with E-state index in [0.717, 1.165) is 25.2 Å². The van der Waals surface area contributed by atoms with Crippen LogP contribution in [0.15, 0.2) is 0 Å². The lowest BCUT2D eigenvalue weighted by Gasteiger charge is -2.64. The Morgan fingerprint density at radius 1 is 1.31 bits per heavy atom. The first-order valence-electron chi connectivity index (χ1n) is 10.3. The summed E-state index contributed by atoms with van der Waals surface area (Å²) in [7, 11) is -0.256. The van der Waals surface area contributed by atoms with Gasteiger partial charge in [-0.05, 0) is 56.4 Å². The summed E-state index contributed by atoms with van der Waals surface area (Å²) < 4.78 is 12.7. The summed E-state index contributed by atoms with van der Waals surface area (Å²) in [5.41, 5.74) is 11.6. The fraction of sp³-hybridized carbons (Fsp3) is 0.947. The molecule has 0 aromatic carbocycles. The summed E-state index contributed by atoms with van der Waals surface area (Å²) in [6.45, 7) is 10.2. The average Bonchev–Trinajstić information content (AvgIpc) is 2.96. The molecular weight excluding hydrogens is 329 g/mol. The maximum Gasteiger partial charge on any atom is 0.462 e. The monoisotopic (exact) mass is 365 g/mol. The van der Waals surface area contributed by atoms with E-state index in [1.54, 1.807) is 0 Å². The molecule has 1 heterocycles. The van der Waals surface area contributed by atoms with Crippen LogP contribution in [0, 0.1) is 17.3 Å². The van der Waals surface area contributed by atoms with Crippen LogP contribution in [0.5, 0.6) is 0 Å². The van der Waals surface area contributed by atoms with Gasteiger partial charge in [0.15, 0.2) is 0 Å². The summed E-state index contributed by atoms with van der Waals surface area (Å²) in [6.07, 6.45) is 4.97. The van der Waals surface area contributed by atoms with Gasteiger partial charge in [-0.15, -0.1) is 0 Å². The van der Waals surface area contributed by atoms with Crippen LogP contribution < -0.4 is 16.8 Å². The second kappa shape index (κ2) is 7.42. The van der Waals surface area contributed by atoms with Crippen molar-refractivity contribution in [3.05, 3.63) is 0 Å². The molecule has 2 bridgehead atoms. The topological polar surface area (TPSA) is 99.6 Å². The molecule has 6 atom stereocenters. The minimum Gasteiger partial charge on any atom is -0.405 e. The maximum atomic E-state index is 12.2. The van der Waals surface area contributed by atoms with Crippen LogP contribution in [0.25, 0.3) is 0 Å². The molecule has 1 aliphatic heterocycles. The van der Waals surface area contributed by atoms with Crippen molar-refractivity contribution in [2.45, 2.75) is 83.4 Å². The summed E-state index contributed by atoms with van der Waals surface area (Å²) in [4.78, 5) is 12.2. The van der Waals surface area contributed by atoms with Gasteiger partial charge in [0.25, 0.3) is 0 Å². The second-order valence-electron chi connectivity index (χ2n) is 9.45. The Morgan fingerprint density at radius 3 is 2.69 bits per heavy atom. The van der Waals surface area contributed by atoms with E-state index in [1.165, 1.54) is 6.42 Å². The molecule has 3 aliphatic carbocycles. The van der Waals surface area contributed by atoms with Crippen LogP contribution in [0.3, 0.4) is 0 Å². The Bertz CT molecular complexity index is 532. The number of amides is 1. The number of carbonyl (C=O) groups is 1. The smallest absolute Gasteiger partial charge is 0.405 e. The first kappa shape index (κ1) is 20.1. The van der Waals surface area contributed by atoms with Crippen LogP contribution in [0.2, 0.25) is 5.82 Å². The number of nitrogens with two attached hydrogens (primary N) is 2. The minimum atomic E-state index is -0.465. The number of carbonyl (C=O) groups excluding carboxylic acids is 1. The SMILES string of the molecule is C[C@H](CNC(=O)[C@@H](N)CCCCN)B1OC2CC3CC(C3(C)C)[C@@]2(C)O1. The first-order chi connectivity index (χ1) is 12.2. The van der Waals surface area contributed by atoms with E-state index in [-0.39, 0.29) is 30.5 Å². The van der Waals surface area contributed by atoms with Crippen LogP contribution in [0.4, 0.5) is 0 Å². The number of nitrogens with one attached hydrogen (secondary N) is 1. The molecule has 7 heteroatoms. The standard InChI is InChI=1S/C19H36BN3O3/c1-12(11-23-17(24)14(22)7-5-6-8-21)20-25-16-10-13-9-15(18(13,2)3)19(16,4)26-20/h12-16H,5-11,21-22H2,1-4H3,(H,23,24)/t12-,13?,14+,15?,16?,19-/m1/s1. The van der Waals surface area contributed by atoms with E-state index in [1.807, 2.05) is 0 Å². The second-order valence-corrected chi connectivity index (χ2v) is 9.45. The Balaban J connectivity index is 1.48. The van der Waals surface area contributed by atoms with E-state index in [2.05, 4.69) is 33.0 Å². The number of hydrogen-bond acceptors (Lipinski definition) is 5. The molecule has 0 aromatic rings. The highest BCUT2D eigenvalue weighted by atomic mass is 16.7. The molecule has 4 aliphatic rings. The molecule has 148 valence electrons. The average molecular weight is 365 g/mol. The third kappa shape index (κ3) is 3.43. The van der Waals surface area contributed by atoms with Crippen molar-refractivity contribution in [1.82, 2.24) is 5.32 Å². The van der Waals surface area contributed by atoms with Crippen LogP contribution in [0.1, 0.15) is 59.8 Å². The molecule has 0 aromatic heterocycles. The molecule has 4 fully saturated rings. The van der Waals surface area contributed by atoms with Crippen molar-refractivity contribution >= 4 is 13.0 Å². The minimum absolute atomic E-state index is 0.0953. The summed E-state index contributed by atoms with van der Waals surface area (Å²) in [5.74, 6) is 1.30. The molecule has 1 saturated heterocycles. The predicted octanol–water partition coefficient (Wildman–Crippen LogP) is 1.68. The van der Waals surface area contributed by atoms with Gasteiger partial charge in [0.05, 0.1) is 17.7 Å². The third-order valence-electron chi connectivity index (χ3n) is 7.34. The highest BCUT2D eigenvalue weighted by molar-refractivity contribution is 6.47. The van der Waals surface area contributed by atoms with E-state index >= 15 is 0 Å². The van der Waals surface area contributed by atoms with Gasteiger partial charge in [0.2, 0.25) is 5.91 Å². The number of hydrogen-bond donors (Lipinski definition) is 3. The quantitative estimate of drug-likeness (QED) is 0.449. The lowest BCUT2D eigenvalue weighted by Crippen LogP contribution is -2.65. The van der Waals surface area contributed by atoms with Crippen molar-refractivity contribution in [3.63, 3.8) is 0 Å². The van der Waals surface area contributed by atoms with Crippen LogP contribution >= 0.6 is 0 Å². The lowest BCUT2D eigenvalue weighted by atomic mass is 9.43. The summed E-state index contributed by atoms with van der Waals surface area (Å²) in [5, 5.41) is 2.96. The zero-order chi connectivity index (χ0) is 19.1. The third-order valence-corrected chi connectivity index (χ3v) is 7.34. The van der Waals surface area contributed by atoms with Crippen molar-refractivity contribution < 1.29 is 14.1 Å². The fourth-order valence-corrected chi connectivity index (χ4v) is 5.27. The summed E-state index contributed by atoms with van der Waals surface area (Å²) in [6, 6.07) is -0.465. The molecule has 6 nitrogen and oxygen atoms in total. The van der Waals surface area contributed by atoms with Crippen molar-refractivity contribution in [2.75, 3.05) is 13.1 Å². The van der Waals surface area contributed by atoms with Crippen LogP contribution in [-0.4, -0.2) is 43.9 Å². The van der Waals surface area contributed by atoms with Gasteiger partial charge in [-0.2, -0.15) is 0 Å². The highest BCUT2D eigenvalue weighted by Gasteiger charge is 2.68. The highest BCUT2D eigenvalue weighted by Crippen LogP contribution is 2.66. The van der Waals surface area contributed by atoms with Gasteiger partial charge in [0, 0.05) is 12.4 Å². The molecule has 26 heavy (non-hydrogen) atoms. The largest absolute Gasteiger partial charge is 0.462 e. The van der Waals surface area contributed by atoms with Gasteiger partial charge in [0.1, 0.15) is 0 Å². The van der Waals surface area contributed by atoms with Gasteiger partial charge >= 0.3 is 7.12 Å². The Morgan fingerprint density at radius 2 is 2.04 bits per heavy atom. The van der Waals surface area contributed by atoms with E-state index in [9.17, 15) is 4.79 Å². The number of rotatable bonds is 8. The predicted molar refractivity (Wildman–Crippen MR) is 103 cm³/mol. The van der Waals surface area contributed by atoms with Gasteiger partial charge in [-0.25, -0.2) is 0 Å². The van der Waals surface area contributed by atoms with Crippen LogP contribution in [-0.2, 0) is 14.1 Å². The Labute approximate surface area is 158 Å². The Kier molecular flexibility index (Phi) is 5.74. The molecular formula is C19H36BN3O3. The van der Waals surface area contributed by atoms with Gasteiger partial charge in [-0.3, -0.25) is 4.79 Å². The molecule has 3 unspecified atom stereocenters. The Hall–Kier alpha value is -0.625. The lowest BCUT2D eigenvalue weighted by molar-refractivity contribution is -0.199. The molecule has 0 radical (unpaired) electrons. The van der Waals surface area contributed by atoms with Gasteiger partial charge in [-0.1, -0.05) is 27.2 Å². The van der Waals surface area contributed by atoms with E-state index in [4.69, 9.17) is 20.8 Å². The van der Waals surface area contributed by atoms with Gasteiger partial charge < -0.3 is 26.1 Å². The first-order valence-corrected chi connectivity index (χ1v) is 10.3. The molecule has 3 saturated carbocycles. The van der Waals surface area contributed by atoms with Crippen molar-refractivity contribution in [3.8, 4) is 0 Å². The zero-order valence-electron chi connectivity index (χ0n) is 16.8. The van der Waals surface area contributed by atoms with E-state index < -0.39 is 6.04 Å². The molecule has 1 amide bonds. The summed E-state index contributed by atoms with van der Waals surface area (Å²) >= 11 is 0. The maximum absolute atomic E-state index is 12.2. The van der Waals surface area contributed by atoms with Crippen molar-refractivity contribution in [2.24, 2.45) is 28.7 Å². The normalized spacial score (nSPS) is 36.8. The molecule has 4 rings (SSSR count). The number of unbranched alkanes of at least 4 members (excludes halogenated alkanes) is 1. The molecule has 5 N–H and O–H groups in total. The fourth-order valence-electron chi connectivity index (χ4n) is 5.27. The van der Waals surface area contributed by atoms with Crippen molar-refractivity contribution in [1.29, 1.82) is 0 Å².